The summed E-state index contributed by atoms with van der Waals surface area (Å²) < 4.78 is 0. The molecule has 0 bridgehead atoms. The normalized spacial score (nSPS) is 17.8. The quantitative estimate of drug-likeness (QED) is 0.825. The summed E-state index contributed by atoms with van der Waals surface area (Å²) in [6.07, 6.45) is 0. The largest absolute Gasteiger partial charge is 0.347 e. The average Bonchev–Trinajstić information content (AvgIpc) is 2.62. The summed E-state index contributed by atoms with van der Waals surface area (Å²) in [6, 6.07) is 8.27. The minimum atomic E-state index is -0.0905. The zero-order valence-corrected chi connectivity index (χ0v) is 9.74. The second-order valence-corrected chi connectivity index (χ2v) is 4.23. The first-order valence-corrected chi connectivity index (χ1v) is 5.51. The van der Waals surface area contributed by atoms with Crippen LogP contribution in [-0.2, 0) is 4.79 Å². The lowest BCUT2D eigenvalue weighted by atomic mass is 10.1. The zero-order chi connectivity index (χ0) is 9.97. The average molecular weight is 245 g/mol. The molecule has 0 spiro atoms. The Bertz CT molecular complexity index is 359. The predicted molar refractivity (Wildman–Crippen MR) is 64.4 cm³/mol. The van der Waals surface area contributed by atoms with Gasteiger partial charge in [-0.05, 0) is 11.6 Å². The molecular formula is C10H13ClN2OS. The smallest absolute Gasteiger partial charge is 0.234 e. The van der Waals surface area contributed by atoms with E-state index < -0.39 is 0 Å². The van der Waals surface area contributed by atoms with E-state index in [1.165, 1.54) is 10.5 Å². The summed E-state index contributed by atoms with van der Waals surface area (Å²) in [5.41, 5.74) is 6.46. The standard InChI is InChI=1S/C10H12N2OS.ClH/c11-5-10(13)12-8-6-14-9-4-2-1-3-7(8)9;/h1-4,8H,5-6,11H2,(H,12,13);1H. The number of fused-ring (bicyclic) bond motifs is 1. The van der Waals surface area contributed by atoms with Crippen LogP contribution in [0.15, 0.2) is 29.2 Å². The maximum atomic E-state index is 11.1. The molecular weight excluding hydrogens is 232 g/mol. The van der Waals surface area contributed by atoms with Gasteiger partial charge < -0.3 is 11.1 Å². The van der Waals surface area contributed by atoms with Crippen LogP contribution in [-0.4, -0.2) is 18.2 Å². The molecule has 0 fully saturated rings. The summed E-state index contributed by atoms with van der Waals surface area (Å²) >= 11 is 1.77. The van der Waals surface area contributed by atoms with E-state index in [1.54, 1.807) is 11.8 Å². The molecule has 1 aliphatic heterocycles. The molecule has 0 aliphatic carbocycles. The molecule has 1 aromatic carbocycles. The van der Waals surface area contributed by atoms with Gasteiger partial charge in [-0.15, -0.1) is 24.2 Å². The van der Waals surface area contributed by atoms with Gasteiger partial charge in [0.15, 0.2) is 0 Å². The number of benzene rings is 1. The van der Waals surface area contributed by atoms with Crippen molar-refractivity contribution < 1.29 is 4.79 Å². The maximum Gasteiger partial charge on any atom is 0.234 e. The van der Waals surface area contributed by atoms with E-state index in [-0.39, 0.29) is 30.9 Å². The van der Waals surface area contributed by atoms with Gasteiger partial charge in [0.2, 0.25) is 5.91 Å². The second-order valence-electron chi connectivity index (χ2n) is 3.17. The number of amides is 1. The SMILES string of the molecule is Cl.NCC(=O)NC1CSc2ccccc21. The Hall–Kier alpha value is -0.710. The van der Waals surface area contributed by atoms with Crippen LogP contribution in [0.2, 0.25) is 0 Å². The molecule has 3 N–H and O–H groups in total. The van der Waals surface area contributed by atoms with Gasteiger partial charge in [0.1, 0.15) is 0 Å². The molecule has 0 saturated carbocycles. The number of nitrogens with two attached hydrogens (primary N) is 1. The fourth-order valence-corrected chi connectivity index (χ4v) is 2.70. The molecule has 82 valence electrons. The summed E-state index contributed by atoms with van der Waals surface area (Å²) in [7, 11) is 0. The molecule has 1 heterocycles. The number of halogens is 1. The lowest BCUT2D eigenvalue weighted by Crippen LogP contribution is -2.33. The first-order valence-electron chi connectivity index (χ1n) is 4.52. The zero-order valence-electron chi connectivity index (χ0n) is 8.10. The van der Waals surface area contributed by atoms with Crippen molar-refractivity contribution in [2.75, 3.05) is 12.3 Å². The minimum Gasteiger partial charge on any atom is -0.347 e. The second kappa shape index (κ2) is 5.39. The van der Waals surface area contributed by atoms with E-state index in [1.807, 2.05) is 12.1 Å². The monoisotopic (exact) mass is 244 g/mol. The van der Waals surface area contributed by atoms with Crippen molar-refractivity contribution in [3.8, 4) is 0 Å². The van der Waals surface area contributed by atoms with E-state index in [9.17, 15) is 4.79 Å². The highest BCUT2D eigenvalue weighted by Gasteiger charge is 2.23. The van der Waals surface area contributed by atoms with Crippen LogP contribution in [0.1, 0.15) is 11.6 Å². The van der Waals surface area contributed by atoms with Crippen molar-refractivity contribution in [2.45, 2.75) is 10.9 Å². The molecule has 15 heavy (non-hydrogen) atoms. The number of carbonyl (C=O) groups excluding carboxylic acids is 1. The molecule has 1 atom stereocenters. The number of carbonyl (C=O) groups is 1. The fourth-order valence-electron chi connectivity index (χ4n) is 1.54. The summed E-state index contributed by atoms with van der Waals surface area (Å²) in [5, 5.41) is 2.90. The van der Waals surface area contributed by atoms with Crippen molar-refractivity contribution >= 4 is 30.1 Å². The third-order valence-electron chi connectivity index (χ3n) is 2.22. The Morgan fingerprint density at radius 1 is 1.53 bits per heavy atom. The Morgan fingerprint density at radius 2 is 2.27 bits per heavy atom. The van der Waals surface area contributed by atoms with Gasteiger partial charge in [-0.2, -0.15) is 0 Å². The van der Waals surface area contributed by atoms with Gasteiger partial charge in [0.05, 0.1) is 12.6 Å². The van der Waals surface area contributed by atoms with Crippen LogP contribution in [0.4, 0.5) is 0 Å². The Balaban J connectivity index is 0.00000112. The van der Waals surface area contributed by atoms with Gasteiger partial charge in [-0.3, -0.25) is 4.79 Å². The maximum absolute atomic E-state index is 11.1. The lowest BCUT2D eigenvalue weighted by molar-refractivity contribution is -0.120. The molecule has 0 aromatic heterocycles. The van der Waals surface area contributed by atoms with Crippen molar-refractivity contribution in [3.63, 3.8) is 0 Å². The number of nitrogens with one attached hydrogen (secondary N) is 1. The van der Waals surface area contributed by atoms with Crippen LogP contribution >= 0.6 is 24.2 Å². The van der Waals surface area contributed by atoms with Crippen LogP contribution in [0.3, 0.4) is 0 Å². The molecule has 2 rings (SSSR count). The lowest BCUT2D eigenvalue weighted by Gasteiger charge is -2.11. The summed E-state index contributed by atoms with van der Waals surface area (Å²) in [6.45, 7) is 0.0589. The first kappa shape index (κ1) is 12.4. The number of hydrogen-bond donors (Lipinski definition) is 2. The molecule has 1 amide bonds. The molecule has 5 heteroatoms. The Morgan fingerprint density at radius 3 is 3.00 bits per heavy atom. The predicted octanol–water partition coefficient (Wildman–Crippen LogP) is 1.33. The van der Waals surface area contributed by atoms with Gasteiger partial charge in [0.25, 0.3) is 0 Å². The van der Waals surface area contributed by atoms with Crippen molar-refractivity contribution in [1.29, 1.82) is 0 Å². The number of thioether (sulfide) groups is 1. The molecule has 1 unspecified atom stereocenters. The van der Waals surface area contributed by atoms with Crippen molar-refractivity contribution in [2.24, 2.45) is 5.73 Å². The number of hydrogen-bond acceptors (Lipinski definition) is 3. The van der Waals surface area contributed by atoms with Crippen LogP contribution in [0, 0.1) is 0 Å². The Labute approximate surface area is 99.2 Å². The molecule has 3 nitrogen and oxygen atoms in total. The minimum absolute atomic E-state index is 0. The molecule has 0 saturated heterocycles. The highest BCUT2D eigenvalue weighted by Crippen LogP contribution is 2.37. The van der Waals surface area contributed by atoms with Crippen LogP contribution in [0.25, 0.3) is 0 Å². The van der Waals surface area contributed by atoms with Crippen molar-refractivity contribution in [1.82, 2.24) is 5.32 Å². The van der Waals surface area contributed by atoms with Crippen molar-refractivity contribution in [3.05, 3.63) is 29.8 Å². The highest BCUT2D eigenvalue weighted by atomic mass is 35.5. The first-order chi connectivity index (χ1) is 6.81. The van der Waals surface area contributed by atoms with Gasteiger partial charge in [-0.1, -0.05) is 18.2 Å². The molecule has 1 aliphatic rings. The van der Waals surface area contributed by atoms with Gasteiger partial charge in [0, 0.05) is 10.6 Å². The topological polar surface area (TPSA) is 55.1 Å². The molecule has 1 aromatic rings. The third kappa shape index (κ3) is 2.65. The van der Waals surface area contributed by atoms with E-state index in [2.05, 4.69) is 17.4 Å². The highest BCUT2D eigenvalue weighted by molar-refractivity contribution is 7.99. The van der Waals surface area contributed by atoms with Gasteiger partial charge >= 0.3 is 0 Å². The molecule has 0 radical (unpaired) electrons. The van der Waals surface area contributed by atoms with E-state index in [0.29, 0.717) is 0 Å². The van der Waals surface area contributed by atoms with E-state index in [0.717, 1.165) is 5.75 Å². The van der Waals surface area contributed by atoms with Crippen LogP contribution in [0.5, 0.6) is 0 Å². The van der Waals surface area contributed by atoms with Gasteiger partial charge in [-0.25, -0.2) is 0 Å². The number of rotatable bonds is 2. The third-order valence-corrected chi connectivity index (χ3v) is 3.40. The van der Waals surface area contributed by atoms with Crippen LogP contribution < -0.4 is 11.1 Å². The summed E-state index contributed by atoms with van der Waals surface area (Å²) in [5.74, 6) is 0.817. The fraction of sp³-hybridized carbons (Fsp3) is 0.300. The van der Waals surface area contributed by atoms with E-state index >= 15 is 0 Å². The Kier molecular flexibility index (Phi) is 4.45. The van der Waals surface area contributed by atoms with E-state index in [4.69, 9.17) is 5.73 Å². The summed E-state index contributed by atoms with van der Waals surface area (Å²) in [4.78, 5) is 12.4.